The molecular formula is C33H35N3O8S2. The molecule has 46 heavy (non-hydrogen) atoms. The number of hydrogen-bond acceptors (Lipinski definition) is 8. The number of nitrogens with one attached hydrogen (secondary N) is 2. The molecule has 0 aromatic heterocycles. The summed E-state index contributed by atoms with van der Waals surface area (Å²) >= 11 is 0. The van der Waals surface area contributed by atoms with Crippen LogP contribution in [0.5, 0.6) is 11.5 Å². The van der Waals surface area contributed by atoms with Gasteiger partial charge in [-0.05, 0) is 54.8 Å². The number of carbonyl (C=O) groups excluding carboxylic acids is 1. The fraction of sp³-hybridized carbons (Fsp3) is 0.333. The number of carbonyl (C=O) groups is 1. The molecule has 4 N–H and O–H groups in total. The first kappa shape index (κ1) is 31.9. The van der Waals surface area contributed by atoms with Crippen LogP contribution in [0.1, 0.15) is 74.2 Å². The summed E-state index contributed by atoms with van der Waals surface area (Å²) in [5, 5.41) is 6.19. The van der Waals surface area contributed by atoms with E-state index in [9.17, 15) is 30.7 Å². The Hall–Kier alpha value is -4.04. The molecule has 3 aromatic rings. The summed E-state index contributed by atoms with van der Waals surface area (Å²) in [6.45, 7) is 15.3. The molecule has 3 heterocycles. The molecule has 6 rings (SSSR count). The number of rotatable bonds is 6. The first-order chi connectivity index (χ1) is 21.3. The van der Waals surface area contributed by atoms with Gasteiger partial charge in [-0.1, -0.05) is 45.9 Å². The zero-order valence-electron chi connectivity index (χ0n) is 26.2. The van der Waals surface area contributed by atoms with Gasteiger partial charge in [0.15, 0.2) is 21.3 Å². The number of nitrogens with zero attached hydrogens (tertiary/aromatic N) is 1. The van der Waals surface area contributed by atoms with Crippen LogP contribution < -0.4 is 25.9 Å². The van der Waals surface area contributed by atoms with Gasteiger partial charge in [-0.2, -0.15) is 16.8 Å². The normalized spacial score (nSPS) is 20.3. The van der Waals surface area contributed by atoms with Crippen LogP contribution in [0.15, 0.2) is 63.8 Å². The molecule has 0 fully saturated rings. The topological polar surface area (TPSA) is 171 Å². The molecule has 0 aliphatic carbocycles. The molecule has 3 aliphatic rings. The van der Waals surface area contributed by atoms with Crippen LogP contribution in [-0.2, 0) is 31.1 Å². The molecule has 0 saturated heterocycles. The predicted octanol–water partition coefficient (Wildman–Crippen LogP) is 3.84. The van der Waals surface area contributed by atoms with Crippen LogP contribution in [0, 0.1) is 0 Å². The van der Waals surface area contributed by atoms with Crippen molar-refractivity contribution >= 4 is 37.4 Å². The summed E-state index contributed by atoms with van der Waals surface area (Å²) in [5.74, 6) is -0.953. The Morgan fingerprint density at radius 2 is 1.61 bits per heavy atom. The third kappa shape index (κ3) is 4.67. The molecule has 2 unspecified atom stereocenters. The second kappa shape index (κ2) is 10.2. The van der Waals surface area contributed by atoms with E-state index in [0.29, 0.717) is 27.8 Å². The zero-order chi connectivity index (χ0) is 33.7. The minimum absolute atomic E-state index is 0.0261. The average molecular weight is 666 g/mol. The van der Waals surface area contributed by atoms with E-state index in [1.165, 1.54) is 0 Å². The fourth-order valence-electron chi connectivity index (χ4n) is 6.42. The van der Waals surface area contributed by atoms with Gasteiger partial charge in [-0.25, -0.2) is 0 Å². The first-order valence-electron chi connectivity index (χ1n) is 14.7. The number of ether oxygens (including phenoxy) is 1. The highest BCUT2D eigenvalue weighted by Gasteiger charge is 2.45. The molecule has 242 valence electrons. The molecular weight excluding hydrogens is 631 g/mol. The molecule has 2 atom stereocenters. The molecule has 11 nitrogen and oxygen atoms in total. The van der Waals surface area contributed by atoms with Crippen molar-refractivity contribution in [1.82, 2.24) is 5.32 Å². The van der Waals surface area contributed by atoms with Gasteiger partial charge in [-0.15, -0.1) is 6.58 Å². The van der Waals surface area contributed by atoms with Crippen molar-refractivity contribution in [3.63, 3.8) is 0 Å². The van der Waals surface area contributed by atoms with E-state index >= 15 is 0 Å². The van der Waals surface area contributed by atoms with E-state index in [0.717, 1.165) is 0 Å². The minimum Gasteiger partial charge on any atom is -0.453 e. The van der Waals surface area contributed by atoms with Crippen molar-refractivity contribution in [1.29, 1.82) is 0 Å². The third-order valence-electron chi connectivity index (χ3n) is 9.75. The smallest absolute Gasteiger partial charge is 0.300 e. The van der Waals surface area contributed by atoms with Crippen LogP contribution in [0.4, 0.5) is 5.69 Å². The van der Waals surface area contributed by atoms with Crippen LogP contribution in [0.3, 0.4) is 0 Å². The van der Waals surface area contributed by atoms with Gasteiger partial charge in [0.2, 0.25) is 0 Å². The second-order valence-corrected chi connectivity index (χ2v) is 15.8. The summed E-state index contributed by atoms with van der Waals surface area (Å²) in [4.78, 5) is 16.1. The predicted molar refractivity (Wildman–Crippen MR) is 173 cm³/mol. The van der Waals surface area contributed by atoms with Crippen molar-refractivity contribution in [3.8, 4) is 11.5 Å². The highest BCUT2D eigenvalue weighted by molar-refractivity contribution is 7.86. The number of amides is 1. The minimum atomic E-state index is -4.99. The summed E-state index contributed by atoms with van der Waals surface area (Å²) in [5.41, 5.74) is 1.62. The average Bonchev–Trinajstić information content (AvgIpc) is 3.32. The Bertz CT molecular complexity index is 2220. The summed E-state index contributed by atoms with van der Waals surface area (Å²) < 4.78 is 80.0. The molecule has 3 aliphatic heterocycles. The van der Waals surface area contributed by atoms with Crippen molar-refractivity contribution in [3.05, 3.63) is 87.4 Å². The van der Waals surface area contributed by atoms with Crippen LogP contribution in [-0.4, -0.2) is 50.5 Å². The van der Waals surface area contributed by atoms with E-state index in [4.69, 9.17) is 4.74 Å². The van der Waals surface area contributed by atoms with Crippen LogP contribution >= 0.6 is 0 Å². The lowest BCUT2D eigenvalue weighted by molar-refractivity contribution is 0.0958. The Morgan fingerprint density at radius 1 is 0.978 bits per heavy atom. The molecule has 0 radical (unpaired) electrons. The highest BCUT2D eigenvalue weighted by Crippen LogP contribution is 2.52. The Morgan fingerprint density at radius 3 is 2.20 bits per heavy atom. The van der Waals surface area contributed by atoms with Gasteiger partial charge >= 0.3 is 0 Å². The maximum absolute atomic E-state index is 13.1. The summed E-state index contributed by atoms with van der Waals surface area (Å²) in [6, 6.07) is 9.47. The number of anilines is 1. The van der Waals surface area contributed by atoms with E-state index in [1.54, 1.807) is 42.5 Å². The maximum Gasteiger partial charge on any atom is 0.300 e. The first-order valence-corrected chi connectivity index (χ1v) is 17.6. The van der Waals surface area contributed by atoms with Crippen LogP contribution in [0.25, 0.3) is 5.57 Å². The van der Waals surface area contributed by atoms with Gasteiger partial charge < -0.3 is 15.4 Å². The number of fused-ring (bicyclic) bond motifs is 4. The largest absolute Gasteiger partial charge is 0.453 e. The standard InChI is InChI=1S/C33H35N3O8S2/c1-8-13-34-31(37)19-11-9-18(10-12-19)24-20-14-22-25(35-16(2)32(22,4)5)29(45(38,39)40)27(20)44-28-21(24)15-23-26(30(28)46(41,42)43)36-17(3)33(23,6)7/h8-12,14-17,35H,1,13H2,2-7H3,(H,34,37)(H,38,39,40)(H,41,42,43). The van der Waals surface area contributed by atoms with E-state index in [2.05, 4.69) is 22.2 Å². The van der Waals surface area contributed by atoms with Gasteiger partial charge in [0.1, 0.15) is 0 Å². The zero-order valence-corrected chi connectivity index (χ0v) is 27.9. The van der Waals surface area contributed by atoms with Gasteiger partial charge in [-0.3, -0.25) is 18.9 Å². The van der Waals surface area contributed by atoms with Gasteiger partial charge in [0.05, 0.1) is 17.1 Å². The van der Waals surface area contributed by atoms with Gasteiger partial charge in [0, 0.05) is 45.3 Å². The number of hydrogen-bond donors (Lipinski definition) is 4. The third-order valence-corrected chi connectivity index (χ3v) is 11.5. The molecule has 0 spiro atoms. The molecule has 1 amide bonds. The van der Waals surface area contributed by atoms with E-state index < -0.39 is 40.9 Å². The highest BCUT2D eigenvalue weighted by atomic mass is 32.2. The maximum atomic E-state index is 13.1. The Labute approximate surface area is 267 Å². The lowest BCUT2D eigenvalue weighted by atomic mass is 9.78. The molecule has 3 aromatic carbocycles. The van der Waals surface area contributed by atoms with Crippen molar-refractivity contribution in [2.75, 3.05) is 11.9 Å². The molecule has 0 bridgehead atoms. The van der Waals surface area contributed by atoms with Crippen molar-refractivity contribution < 1.29 is 35.5 Å². The second-order valence-electron chi connectivity index (χ2n) is 13.1. The monoisotopic (exact) mass is 665 g/mol. The SMILES string of the molecule is C=CCNC(=O)c1ccc(C2=c3cc4c(c(S(=O)(=O)O)c3Oc3c2cc2c(c3S(=O)(=O)O)NC(C)C2(C)C)=NC(C)C4(C)C)cc1. The molecule has 0 saturated carbocycles. The molecule has 13 heteroatoms. The Balaban J connectivity index is 1.80. The fourth-order valence-corrected chi connectivity index (χ4v) is 8.03. The quantitative estimate of drug-likeness (QED) is 0.176. The van der Waals surface area contributed by atoms with Crippen LogP contribution in [0.2, 0.25) is 0 Å². The summed E-state index contributed by atoms with van der Waals surface area (Å²) in [6.07, 6.45) is 1.56. The summed E-state index contributed by atoms with van der Waals surface area (Å²) in [7, 11) is -9.95. The Kier molecular flexibility index (Phi) is 7.10. The van der Waals surface area contributed by atoms with Crippen molar-refractivity contribution in [2.45, 2.75) is 74.2 Å². The lowest BCUT2D eigenvalue weighted by Gasteiger charge is -2.29. The van der Waals surface area contributed by atoms with Crippen molar-refractivity contribution in [2.24, 2.45) is 4.99 Å². The number of benzene rings is 3. The van der Waals surface area contributed by atoms with E-state index in [-0.39, 0.29) is 57.9 Å². The van der Waals surface area contributed by atoms with Gasteiger partial charge in [0.25, 0.3) is 26.1 Å². The lowest BCUT2D eigenvalue weighted by Crippen LogP contribution is -2.33. The van der Waals surface area contributed by atoms with E-state index in [1.807, 2.05) is 41.5 Å².